The summed E-state index contributed by atoms with van der Waals surface area (Å²) in [5, 5.41) is 4.36. The van der Waals surface area contributed by atoms with Crippen molar-refractivity contribution in [1.82, 2.24) is 29.0 Å². The molecule has 4 heterocycles. The number of carbonyl (C=O) groups is 1. The van der Waals surface area contributed by atoms with Gasteiger partial charge in [0.1, 0.15) is 18.2 Å². The third kappa shape index (κ3) is 3.95. The van der Waals surface area contributed by atoms with Crippen LogP contribution in [0, 0.1) is 12.7 Å². The minimum absolute atomic E-state index is 0.168. The molecule has 0 unspecified atom stereocenters. The fourth-order valence-corrected chi connectivity index (χ4v) is 4.08. The number of para-hydroxylation sites is 1. The first-order valence-electron chi connectivity index (χ1n) is 10.7. The van der Waals surface area contributed by atoms with Gasteiger partial charge in [0, 0.05) is 38.4 Å². The van der Waals surface area contributed by atoms with E-state index in [1.54, 1.807) is 42.3 Å². The predicted molar refractivity (Wildman–Crippen MR) is 120 cm³/mol. The standard InChI is InChI=1S/C23H22FN7O2/c1-16-26-19(18-7-4-5-9-25-18)14-21-27-30(23(33)31(16)21)15-22(32)29-12-10-28(11-13-29)20-8-3-2-6-17(20)24/h2-9,14H,10-13,15H2,1H3. The second-order valence-corrected chi connectivity index (χ2v) is 7.86. The Balaban J connectivity index is 1.33. The number of hydrogen-bond acceptors (Lipinski definition) is 6. The molecule has 9 nitrogen and oxygen atoms in total. The number of anilines is 1. The van der Waals surface area contributed by atoms with Gasteiger partial charge in [0.2, 0.25) is 5.91 Å². The van der Waals surface area contributed by atoms with Crippen molar-refractivity contribution in [2.75, 3.05) is 31.1 Å². The maximum absolute atomic E-state index is 14.1. The van der Waals surface area contributed by atoms with Crippen LogP contribution in [0.1, 0.15) is 5.82 Å². The van der Waals surface area contributed by atoms with Crippen LogP contribution < -0.4 is 10.6 Å². The third-order valence-electron chi connectivity index (χ3n) is 5.77. The van der Waals surface area contributed by atoms with Gasteiger partial charge in [-0.3, -0.25) is 9.78 Å². The molecular weight excluding hydrogens is 425 g/mol. The highest BCUT2D eigenvalue weighted by Gasteiger charge is 2.24. The number of fused-ring (bicyclic) bond motifs is 1. The summed E-state index contributed by atoms with van der Waals surface area (Å²) in [5.41, 5.74) is 1.81. The van der Waals surface area contributed by atoms with Gasteiger partial charge in [-0.1, -0.05) is 18.2 Å². The lowest BCUT2D eigenvalue weighted by atomic mass is 10.2. The normalized spacial score (nSPS) is 14.1. The van der Waals surface area contributed by atoms with E-state index in [2.05, 4.69) is 15.1 Å². The Morgan fingerprint density at radius 1 is 1.03 bits per heavy atom. The summed E-state index contributed by atoms with van der Waals surface area (Å²) in [6, 6.07) is 13.8. The minimum Gasteiger partial charge on any atom is -0.366 e. The number of nitrogens with zero attached hydrogens (tertiary/aromatic N) is 7. The van der Waals surface area contributed by atoms with Gasteiger partial charge in [0.05, 0.1) is 17.1 Å². The summed E-state index contributed by atoms with van der Waals surface area (Å²) >= 11 is 0. The number of carbonyl (C=O) groups excluding carboxylic acids is 1. The molecule has 1 saturated heterocycles. The van der Waals surface area contributed by atoms with E-state index in [-0.39, 0.29) is 18.3 Å². The van der Waals surface area contributed by atoms with Crippen LogP contribution in [-0.2, 0) is 11.3 Å². The lowest BCUT2D eigenvalue weighted by Crippen LogP contribution is -2.50. The highest BCUT2D eigenvalue weighted by Crippen LogP contribution is 2.20. The first-order chi connectivity index (χ1) is 16.0. The van der Waals surface area contributed by atoms with Crippen molar-refractivity contribution in [2.24, 2.45) is 0 Å². The molecule has 168 valence electrons. The molecule has 5 rings (SSSR count). The molecule has 0 bridgehead atoms. The van der Waals surface area contributed by atoms with E-state index in [0.29, 0.717) is 54.7 Å². The van der Waals surface area contributed by atoms with Crippen molar-refractivity contribution in [3.63, 3.8) is 0 Å². The topological polar surface area (TPSA) is 88.6 Å². The molecule has 0 N–H and O–H groups in total. The highest BCUT2D eigenvalue weighted by atomic mass is 19.1. The fourth-order valence-electron chi connectivity index (χ4n) is 4.08. The second kappa shape index (κ2) is 8.45. The zero-order valence-electron chi connectivity index (χ0n) is 18.1. The van der Waals surface area contributed by atoms with Crippen molar-refractivity contribution >= 4 is 17.2 Å². The van der Waals surface area contributed by atoms with E-state index in [1.165, 1.54) is 10.5 Å². The maximum Gasteiger partial charge on any atom is 0.352 e. The Morgan fingerprint density at radius 2 is 1.79 bits per heavy atom. The van der Waals surface area contributed by atoms with Crippen molar-refractivity contribution in [3.8, 4) is 11.4 Å². The SMILES string of the molecule is Cc1nc(-c2ccccn2)cc2nn(CC(=O)N3CCN(c4ccccc4F)CC3)c(=O)n12. The zero-order chi connectivity index (χ0) is 22.9. The molecular formula is C23H22FN7O2. The molecule has 1 amide bonds. The smallest absolute Gasteiger partial charge is 0.352 e. The van der Waals surface area contributed by atoms with E-state index < -0.39 is 5.69 Å². The monoisotopic (exact) mass is 447 g/mol. The van der Waals surface area contributed by atoms with Gasteiger partial charge in [0.15, 0.2) is 5.65 Å². The van der Waals surface area contributed by atoms with Crippen molar-refractivity contribution in [1.29, 1.82) is 0 Å². The van der Waals surface area contributed by atoms with Gasteiger partial charge in [0.25, 0.3) is 0 Å². The van der Waals surface area contributed by atoms with Gasteiger partial charge in [-0.05, 0) is 31.2 Å². The van der Waals surface area contributed by atoms with Gasteiger partial charge >= 0.3 is 5.69 Å². The quantitative estimate of drug-likeness (QED) is 0.474. The average Bonchev–Trinajstić information content (AvgIpc) is 3.15. The average molecular weight is 447 g/mol. The lowest BCUT2D eigenvalue weighted by molar-refractivity contribution is -0.132. The molecule has 0 aliphatic carbocycles. The molecule has 3 aromatic heterocycles. The molecule has 10 heteroatoms. The molecule has 1 fully saturated rings. The molecule has 0 saturated carbocycles. The summed E-state index contributed by atoms with van der Waals surface area (Å²) in [4.78, 5) is 38.1. The number of benzene rings is 1. The third-order valence-corrected chi connectivity index (χ3v) is 5.77. The van der Waals surface area contributed by atoms with Crippen LogP contribution >= 0.6 is 0 Å². The zero-order valence-corrected chi connectivity index (χ0v) is 18.1. The van der Waals surface area contributed by atoms with Crippen LogP contribution in [0.3, 0.4) is 0 Å². The Morgan fingerprint density at radius 3 is 2.52 bits per heavy atom. The number of piperazine rings is 1. The molecule has 1 aromatic carbocycles. The van der Waals surface area contributed by atoms with Gasteiger partial charge < -0.3 is 9.80 Å². The molecule has 1 aliphatic heterocycles. The van der Waals surface area contributed by atoms with E-state index >= 15 is 0 Å². The van der Waals surface area contributed by atoms with Crippen molar-refractivity contribution in [3.05, 3.63) is 76.9 Å². The Labute approximate surface area is 188 Å². The number of amides is 1. The number of halogens is 1. The van der Waals surface area contributed by atoms with E-state index in [0.717, 1.165) is 4.68 Å². The van der Waals surface area contributed by atoms with Crippen LogP contribution in [0.15, 0.2) is 59.5 Å². The molecule has 4 aromatic rings. The summed E-state index contributed by atoms with van der Waals surface area (Å²) in [7, 11) is 0. The maximum atomic E-state index is 14.1. The lowest BCUT2D eigenvalue weighted by Gasteiger charge is -2.36. The molecule has 0 radical (unpaired) electrons. The summed E-state index contributed by atoms with van der Waals surface area (Å²) < 4.78 is 16.6. The van der Waals surface area contributed by atoms with Crippen molar-refractivity contribution < 1.29 is 9.18 Å². The molecule has 33 heavy (non-hydrogen) atoms. The first kappa shape index (κ1) is 20.8. The number of aromatic nitrogens is 5. The summed E-state index contributed by atoms with van der Waals surface area (Å²) in [6.45, 7) is 3.47. The van der Waals surface area contributed by atoms with Crippen LogP contribution in [0.4, 0.5) is 10.1 Å². The predicted octanol–water partition coefficient (Wildman–Crippen LogP) is 1.75. The van der Waals surface area contributed by atoms with Gasteiger partial charge in [-0.15, -0.1) is 5.10 Å². The summed E-state index contributed by atoms with van der Waals surface area (Å²) in [6.07, 6.45) is 1.67. The number of aryl methyl sites for hydroxylation is 1. The van der Waals surface area contributed by atoms with Crippen LogP contribution in [0.25, 0.3) is 17.0 Å². The number of hydrogen-bond donors (Lipinski definition) is 0. The largest absolute Gasteiger partial charge is 0.366 e. The van der Waals surface area contributed by atoms with Gasteiger partial charge in [-0.2, -0.15) is 0 Å². The van der Waals surface area contributed by atoms with Gasteiger partial charge in [-0.25, -0.2) is 23.3 Å². The highest BCUT2D eigenvalue weighted by molar-refractivity contribution is 5.76. The van der Waals surface area contributed by atoms with E-state index in [1.807, 2.05) is 23.1 Å². The Bertz CT molecular complexity index is 1370. The second-order valence-electron chi connectivity index (χ2n) is 7.86. The van der Waals surface area contributed by atoms with Crippen molar-refractivity contribution in [2.45, 2.75) is 13.5 Å². The number of rotatable bonds is 4. The summed E-state index contributed by atoms with van der Waals surface area (Å²) in [5.74, 6) is -0.0119. The Hall–Kier alpha value is -4.08. The van der Waals surface area contributed by atoms with Crippen LogP contribution in [0.2, 0.25) is 0 Å². The Kier molecular flexibility index (Phi) is 5.33. The molecule has 0 spiro atoms. The first-order valence-corrected chi connectivity index (χ1v) is 10.7. The number of pyridine rings is 1. The minimum atomic E-state index is -0.416. The van der Waals surface area contributed by atoms with Crippen LogP contribution in [0.5, 0.6) is 0 Å². The van der Waals surface area contributed by atoms with E-state index in [4.69, 9.17) is 0 Å². The molecule has 1 aliphatic rings. The van der Waals surface area contributed by atoms with E-state index in [9.17, 15) is 14.0 Å². The fraction of sp³-hybridized carbons (Fsp3) is 0.261. The van der Waals surface area contributed by atoms with Crippen LogP contribution in [-0.4, -0.2) is 61.1 Å². The molecule has 0 atom stereocenters.